The standard InChI is InChI=1S/C22H29N3O6/c1-21(2,3)31-20(28)24-14-10-11-25(13-14)17-9-7-6-8-16(17)23-12-15-18(26)29-22(4,5)30-19(15)27/h6-9,12,14,23H,10-11,13H2,1-5H3,(H,24,28). The maximum Gasteiger partial charge on any atom is 0.407 e. The Hall–Kier alpha value is -3.23. The summed E-state index contributed by atoms with van der Waals surface area (Å²) in [5.41, 5.74) is 0.826. The molecule has 2 fully saturated rings. The first-order valence-electron chi connectivity index (χ1n) is 10.2. The normalized spacial score (nSPS) is 20.6. The number of hydrogen-bond acceptors (Lipinski definition) is 8. The van der Waals surface area contributed by atoms with E-state index < -0.39 is 29.4 Å². The fourth-order valence-electron chi connectivity index (χ4n) is 3.37. The second-order valence-electron chi connectivity index (χ2n) is 8.98. The Morgan fingerprint density at radius 2 is 1.84 bits per heavy atom. The second kappa shape index (κ2) is 8.49. The van der Waals surface area contributed by atoms with E-state index in [0.717, 1.165) is 18.7 Å². The van der Waals surface area contributed by atoms with Gasteiger partial charge in [-0.3, -0.25) is 0 Å². The minimum atomic E-state index is -1.28. The van der Waals surface area contributed by atoms with Gasteiger partial charge in [0, 0.05) is 33.1 Å². The highest BCUT2D eigenvalue weighted by Gasteiger charge is 2.39. The quantitative estimate of drug-likeness (QED) is 0.426. The molecule has 2 saturated heterocycles. The lowest BCUT2D eigenvalue weighted by molar-refractivity contribution is -0.222. The zero-order valence-corrected chi connectivity index (χ0v) is 18.5. The number of rotatable bonds is 4. The number of carbonyl (C=O) groups is 3. The second-order valence-corrected chi connectivity index (χ2v) is 8.98. The first kappa shape index (κ1) is 22.5. The predicted octanol–water partition coefficient (Wildman–Crippen LogP) is 2.92. The van der Waals surface area contributed by atoms with Gasteiger partial charge < -0.3 is 29.7 Å². The highest BCUT2D eigenvalue weighted by atomic mass is 16.7. The molecule has 2 N–H and O–H groups in total. The minimum absolute atomic E-state index is 0.0493. The Kier molecular flexibility index (Phi) is 6.15. The van der Waals surface area contributed by atoms with E-state index in [-0.39, 0.29) is 11.6 Å². The van der Waals surface area contributed by atoms with Gasteiger partial charge in [-0.15, -0.1) is 0 Å². The van der Waals surface area contributed by atoms with Crippen LogP contribution in [-0.4, -0.2) is 48.6 Å². The molecule has 0 spiro atoms. The van der Waals surface area contributed by atoms with Crippen LogP contribution in [0.3, 0.4) is 0 Å². The maximum absolute atomic E-state index is 12.1. The van der Waals surface area contributed by atoms with E-state index in [1.165, 1.54) is 20.0 Å². The van der Waals surface area contributed by atoms with Crippen molar-refractivity contribution in [2.75, 3.05) is 23.3 Å². The lowest BCUT2D eigenvalue weighted by Gasteiger charge is -2.29. The molecule has 0 saturated carbocycles. The van der Waals surface area contributed by atoms with Crippen LogP contribution >= 0.6 is 0 Å². The highest BCUT2D eigenvalue weighted by molar-refractivity contribution is 6.15. The van der Waals surface area contributed by atoms with Crippen molar-refractivity contribution in [3.63, 3.8) is 0 Å². The van der Waals surface area contributed by atoms with Gasteiger partial charge in [-0.1, -0.05) is 12.1 Å². The van der Waals surface area contributed by atoms with E-state index in [9.17, 15) is 14.4 Å². The molecule has 2 heterocycles. The number of amides is 1. The van der Waals surface area contributed by atoms with E-state index in [4.69, 9.17) is 14.2 Å². The van der Waals surface area contributed by atoms with Crippen LogP contribution in [0, 0.1) is 0 Å². The number of hydrogen-bond donors (Lipinski definition) is 2. The van der Waals surface area contributed by atoms with Crippen LogP contribution in [0.5, 0.6) is 0 Å². The number of nitrogens with zero attached hydrogens (tertiary/aromatic N) is 1. The molecule has 1 amide bonds. The third kappa shape index (κ3) is 5.90. The maximum atomic E-state index is 12.1. The lowest BCUT2D eigenvalue weighted by Crippen LogP contribution is -2.42. The van der Waals surface area contributed by atoms with Crippen molar-refractivity contribution in [1.29, 1.82) is 0 Å². The van der Waals surface area contributed by atoms with Gasteiger partial charge in [0.25, 0.3) is 5.79 Å². The van der Waals surface area contributed by atoms with E-state index in [1.54, 1.807) is 0 Å². The molecule has 3 rings (SSSR count). The van der Waals surface area contributed by atoms with Crippen LogP contribution in [0.2, 0.25) is 0 Å². The smallest absolute Gasteiger partial charge is 0.407 e. The molecule has 31 heavy (non-hydrogen) atoms. The molecule has 0 bridgehead atoms. The molecule has 168 valence electrons. The van der Waals surface area contributed by atoms with Crippen molar-refractivity contribution in [2.45, 2.75) is 58.5 Å². The van der Waals surface area contributed by atoms with E-state index >= 15 is 0 Å². The summed E-state index contributed by atoms with van der Waals surface area (Å²) in [4.78, 5) is 38.4. The van der Waals surface area contributed by atoms with Gasteiger partial charge >= 0.3 is 18.0 Å². The van der Waals surface area contributed by atoms with Crippen LogP contribution in [-0.2, 0) is 23.8 Å². The third-order valence-corrected chi connectivity index (χ3v) is 4.64. The topological polar surface area (TPSA) is 106 Å². The van der Waals surface area contributed by atoms with Gasteiger partial charge in [0.2, 0.25) is 0 Å². The van der Waals surface area contributed by atoms with Crippen molar-refractivity contribution in [2.24, 2.45) is 0 Å². The van der Waals surface area contributed by atoms with Crippen LogP contribution in [0.15, 0.2) is 36.0 Å². The molecule has 0 radical (unpaired) electrons. The average molecular weight is 431 g/mol. The number of esters is 2. The Bertz CT molecular complexity index is 881. The fraction of sp³-hybridized carbons (Fsp3) is 0.500. The molecule has 0 aliphatic carbocycles. The van der Waals surface area contributed by atoms with Crippen LogP contribution < -0.4 is 15.5 Å². The number of alkyl carbamates (subject to hydrolysis) is 1. The van der Waals surface area contributed by atoms with Crippen molar-refractivity contribution in [3.8, 4) is 0 Å². The summed E-state index contributed by atoms with van der Waals surface area (Å²) in [6.07, 6.45) is 1.63. The number of ether oxygens (including phenoxy) is 3. The van der Waals surface area contributed by atoms with Crippen molar-refractivity contribution < 1.29 is 28.6 Å². The summed E-state index contributed by atoms with van der Waals surface area (Å²) in [7, 11) is 0. The molecule has 0 aromatic heterocycles. The van der Waals surface area contributed by atoms with Gasteiger partial charge in [-0.05, 0) is 39.3 Å². The zero-order chi connectivity index (χ0) is 22.8. The van der Waals surface area contributed by atoms with Gasteiger partial charge in [0.1, 0.15) is 5.60 Å². The Labute approximate surface area is 181 Å². The molecule has 9 nitrogen and oxygen atoms in total. The first-order valence-corrected chi connectivity index (χ1v) is 10.2. The molecular weight excluding hydrogens is 402 g/mol. The average Bonchev–Trinajstić information content (AvgIpc) is 3.06. The highest BCUT2D eigenvalue weighted by Crippen LogP contribution is 2.30. The van der Waals surface area contributed by atoms with Gasteiger partial charge in [-0.25, -0.2) is 14.4 Å². The zero-order valence-electron chi connectivity index (χ0n) is 18.5. The summed E-state index contributed by atoms with van der Waals surface area (Å²) in [6, 6.07) is 7.46. The molecule has 9 heteroatoms. The Morgan fingerprint density at radius 3 is 2.48 bits per heavy atom. The largest absolute Gasteiger partial charge is 0.444 e. The summed E-state index contributed by atoms with van der Waals surface area (Å²) in [6.45, 7) is 9.80. The third-order valence-electron chi connectivity index (χ3n) is 4.64. The number of benzene rings is 1. The molecular formula is C22H29N3O6. The Balaban J connectivity index is 1.67. The number of nitrogens with one attached hydrogen (secondary N) is 2. The summed E-state index contributed by atoms with van der Waals surface area (Å²) < 4.78 is 15.5. The fourth-order valence-corrected chi connectivity index (χ4v) is 3.37. The van der Waals surface area contributed by atoms with Crippen LogP contribution in [0.25, 0.3) is 0 Å². The van der Waals surface area contributed by atoms with Gasteiger partial charge in [0.05, 0.1) is 17.4 Å². The molecule has 1 atom stereocenters. The Morgan fingerprint density at radius 1 is 1.19 bits per heavy atom. The monoisotopic (exact) mass is 431 g/mol. The number of anilines is 2. The van der Waals surface area contributed by atoms with Crippen LogP contribution in [0.4, 0.5) is 16.2 Å². The van der Waals surface area contributed by atoms with E-state index in [2.05, 4.69) is 15.5 Å². The summed E-state index contributed by atoms with van der Waals surface area (Å²) in [5.74, 6) is -2.77. The molecule has 2 aliphatic rings. The SMILES string of the molecule is CC(C)(C)OC(=O)NC1CCN(c2ccccc2NC=C2C(=O)OC(C)(C)OC2=O)C1. The number of para-hydroxylation sites is 2. The molecule has 2 aliphatic heterocycles. The van der Waals surface area contributed by atoms with Crippen molar-refractivity contribution in [1.82, 2.24) is 5.32 Å². The number of carbonyl (C=O) groups excluding carboxylic acids is 3. The minimum Gasteiger partial charge on any atom is -0.444 e. The lowest BCUT2D eigenvalue weighted by atomic mass is 10.2. The van der Waals surface area contributed by atoms with E-state index in [0.29, 0.717) is 12.2 Å². The van der Waals surface area contributed by atoms with E-state index in [1.807, 2.05) is 45.0 Å². The summed E-state index contributed by atoms with van der Waals surface area (Å²) >= 11 is 0. The summed E-state index contributed by atoms with van der Waals surface area (Å²) in [5, 5.41) is 5.92. The van der Waals surface area contributed by atoms with Crippen LogP contribution in [0.1, 0.15) is 41.0 Å². The van der Waals surface area contributed by atoms with Gasteiger partial charge in [0.15, 0.2) is 5.57 Å². The number of cyclic esters (lactones) is 2. The predicted molar refractivity (Wildman–Crippen MR) is 114 cm³/mol. The molecule has 1 aromatic rings. The van der Waals surface area contributed by atoms with Crippen molar-refractivity contribution in [3.05, 3.63) is 36.0 Å². The van der Waals surface area contributed by atoms with Gasteiger partial charge in [-0.2, -0.15) is 0 Å². The molecule has 1 unspecified atom stereocenters. The first-order chi connectivity index (χ1) is 14.4. The molecule has 1 aromatic carbocycles. The van der Waals surface area contributed by atoms with Crippen molar-refractivity contribution >= 4 is 29.4 Å².